The van der Waals surface area contributed by atoms with Crippen molar-refractivity contribution in [2.45, 2.75) is 19.4 Å². The van der Waals surface area contributed by atoms with Gasteiger partial charge in [-0.15, -0.1) is 0 Å². The normalized spacial score (nSPS) is 11.6. The van der Waals surface area contributed by atoms with Crippen LogP contribution in [0.3, 0.4) is 0 Å². The Morgan fingerprint density at radius 3 is 2.02 bits per heavy atom. The molecule has 3 aromatic heterocycles. The van der Waals surface area contributed by atoms with E-state index in [1.54, 1.807) is 86.2 Å². The lowest BCUT2D eigenvalue weighted by Gasteiger charge is -2.16. The number of fused-ring (bicyclic) bond motifs is 1. The largest absolute Gasteiger partial charge is 0.463 e. The minimum atomic E-state index is -1.00. The zero-order valence-corrected chi connectivity index (χ0v) is 22.5. The maximum absolute atomic E-state index is 13.1. The first-order valence-electron chi connectivity index (χ1n) is 13.3. The smallest absolute Gasteiger partial charge is 0.338 e. The highest BCUT2D eigenvalue weighted by Crippen LogP contribution is 2.32. The summed E-state index contributed by atoms with van der Waals surface area (Å²) in [7, 11) is 0. The van der Waals surface area contributed by atoms with E-state index in [0.29, 0.717) is 51.1 Å². The number of carbonyl (C=O) groups is 2. The number of ether oxygens (including phenoxy) is 2. The summed E-state index contributed by atoms with van der Waals surface area (Å²) in [5, 5.41) is 2.80. The molecular weight excluding hydrogens is 534 g/mol. The number of nitrogens with one attached hydrogen (secondary N) is 1. The predicted molar refractivity (Wildman–Crippen MR) is 156 cm³/mol. The third kappa shape index (κ3) is 5.75. The molecule has 3 heterocycles. The first kappa shape index (κ1) is 26.5. The molecule has 6 aromatic rings. The molecule has 1 amide bonds. The van der Waals surface area contributed by atoms with E-state index >= 15 is 0 Å². The maximum Gasteiger partial charge on any atom is 0.338 e. The number of esters is 1. The number of hydrogen-bond donors (Lipinski definition) is 1. The van der Waals surface area contributed by atoms with Gasteiger partial charge in [0.05, 0.1) is 29.1 Å². The Bertz CT molecular complexity index is 1820. The van der Waals surface area contributed by atoms with Gasteiger partial charge < -0.3 is 23.6 Å². The fourth-order valence-corrected chi connectivity index (χ4v) is 4.32. The molecule has 0 aliphatic rings. The number of amides is 1. The highest BCUT2D eigenvalue weighted by Gasteiger charge is 2.23. The second kappa shape index (κ2) is 11.8. The molecule has 42 heavy (non-hydrogen) atoms. The number of para-hydroxylation sites is 1. The van der Waals surface area contributed by atoms with Crippen molar-refractivity contribution in [2.75, 3.05) is 5.32 Å². The molecule has 1 unspecified atom stereocenters. The Morgan fingerprint density at radius 1 is 0.762 bits per heavy atom. The molecule has 9 nitrogen and oxygen atoms in total. The lowest BCUT2D eigenvalue weighted by molar-refractivity contribution is -0.124. The number of carbonyl (C=O) groups excluding carboxylic acids is 2. The van der Waals surface area contributed by atoms with Gasteiger partial charge in [-0.3, -0.25) is 4.79 Å². The topological polar surface area (TPSA) is 117 Å². The summed E-state index contributed by atoms with van der Waals surface area (Å²) in [6.45, 7) is 1.77. The number of benzene rings is 3. The van der Waals surface area contributed by atoms with Crippen LogP contribution in [-0.4, -0.2) is 27.9 Å². The van der Waals surface area contributed by atoms with Crippen LogP contribution in [-0.2, 0) is 9.53 Å². The van der Waals surface area contributed by atoms with Gasteiger partial charge in [0, 0.05) is 5.69 Å². The van der Waals surface area contributed by atoms with E-state index in [1.807, 2.05) is 30.3 Å². The first-order chi connectivity index (χ1) is 20.6. The monoisotopic (exact) mass is 559 g/mol. The molecule has 3 aromatic carbocycles. The van der Waals surface area contributed by atoms with Crippen LogP contribution < -0.4 is 10.1 Å². The van der Waals surface area contributed by atoms with E-state index in [4.69, 9.17) is 28.3 Å². The average Bonchev–Trinajstić information content (AvgIpc) is 3.76. The van der Waals surface area contributed by atoms with Gasteiger partial charge in [0.25, 0.3) is 5.91 Å². The SMILES string of the molecule is CCC(OC(=O)c1ccc2nc(-c3ccco3)c(-c3ccco3)nc2c1)C(=O)Nc1ccc(Oc2ccccc2)cc1. The molecule has 1 atom stereocenters. The lowest BCUT2D eigenvalue weighted by Crippen LogP contribution is -2.32. The number of hydrogen-bond acceptors (Lipinski definition) is 8. The molecule has 0 saturated heterocycles. The van der Waals surface area contributed by atoms with E-state index in [9.17, 15) is 9.59 Å². The van der Waals surface area contributed by atoms with Crippen LogP contribution >= 0.6 is 0 Å². The molecule has 0 bridgehead atoms. The van der Waals surface area contributed by atoms with Gasteiger partial charge in [-0.25, -0.2) is 14.8 Å². The van der Waals surface area contributed by atoms with Crippen LogP contribution in [0.5, 0.6) is 11.5 Å². The fraction of sp³-hybridized carbons (Fsp3) is 0.0909. The van der Waals surface area contributed by atoms with Crippen molar-refractivity contribution in [2.24, 2.45) is 0 Å². The minimum absolute atomic E-state index is 0.238. The summed E-state index contributed by atoms with van der Waals surface area (Å²) < 4.78 is 22.5. The summed E-state index contributed by atoms with van der Waals surface area (Å²) >= 11 is 0. The molecule has 208 valence electrons. The number of furan rings is 2. The van der Waals surface area contributed by atoms with Crippen molar-refractivity contribution < 1.29 is 27.9 Å². The molecule has 6 rings (SSSR count). The third-order valence-electron chi connectivity index (χ3n) is 6.42. The van der Waals surface area contributed by atoms with Gasteiger partial charge in [0.1, 0.15) is 22.9 Å². The third-order valence-corrected chi connectivity index (χ3v) is 6.42. The van der Waals surface area contributed by atoms with Crippen molar-refractivity contribution >= 4 is 28.6 Å². The van der Waals surface area contributed by atoms with Crippen LogP contribution in [0.4, 0.5) is 5.69 Å². The minimum Gasteiger partial charge on any atom is -0.463 e. The van der Waals surface area contributed by atoms with Crippen molar-refractivity contribution in [3.8, 4) is 34.4 Å². The second-order valence-electron chi connectivity index (χ2n) is 9.31. The summed E-state index contributed by atoms with van der Waals surface area (Å²) in [6.07, 6.45) is 2.39. The molecule has 0 fully saturated rings. The van der Waals surface area contributed by atoms with Crippen molar-refractivity contribution in [3.05, 3.63) is 115 Å². The van der Waals surface area contributed by atoms with Gasteiger partial charge >= 0.3 is 5.97 Å². The van der Waals surface area contributed by atoms with Gasteiger partial charge in [-0.1, -0.05) is 25.1 Å². The summed E-state index contributed by atoms with van der Waals surface area (Å²) in [6, 6.07) is 28.3. The maximum atomic E-state index is 13.1. The van der Waals surface area contributed by atoms with E-state index in [1.165, 1.54) is 0 Å². The highest BCUT2D eigenvalue weighted by atomic mass is 16.5. The Labute approximate surface area is 240 Å². The fourth-order valence-electron chi connectivity index (χ4n) is 4.32. The number of nitrogens with zero attached hydrogens (tertiary/aromatic N) is 2. The van der Waals surface area contributed by atoms with E-state index in [0.717, 1.165) is 0 Å². The van der Waals surface area contributed by atoms with Crippen LogP contribution in [0.1, 0.15) is 23.7 Å². The van der Waals surface area contributed by atoms with Crippen LogP contribution in [0.2, 0.25) is 0 Å². The van der Waals surface area contributed by atoms with Crippen molar-refractivity contribution in [3.63, 3.8) is 0 Å². The Kier molecular flexibility index (Phi) is 7.46. The molecule has 9 heteroatoms. The Morgan fingerprint density at radius 2 is 1.40 bits per heavy atom. The first-order valence-corrected chi connectivity index (χ1v) is 13.3. The number of rotatable bonds is 9. The standard InChI is InChI=1S/C33H25N3O6/c1-2-27(32(37)34-22-13-15-24(16-14-22)41-23-8-4-3-5-9-23)42-33(38)21-12-17-25-26(20-21)36-31(29-11-7-19-40-29)30(35-25)28-10-6-18-39-28/h3-20,27H,2H2,1H3,(H,34,37). The Hall–Kier alpha value is -5.70. The lowest BCUT2D eigenvalue weighted by atomic mass is 10.1. The van der Waals surface area contributed by atoms with Gasteiger partial charge in [0.15, 0.2) is 17.6 Å². The molecular formula is C33H25N3O6. The molecule has 0 saturated carbocycles. The van der Waals surface area contributed by atoms with Gasteiger partial charge in [-0.2, -0.15) is 0 Å². The summed E-state index contributed by atoms with van der Waals surface area (Å²) in [4.78, 5) is 35.5. The van der Waals surface area contributed by atoms with Crippen LogP contribution in [0, 0.1) is 0 Å². The zero-order chi connectivity index (χ0) is 28.9. The van der Waals surface area contributed by atoms with Crippen molar-refractivity contribution in [1.82, 2.24) is 9.97 Å². The average molecular weight is 560 g/mol. The Balaban J connectivity index is 1.17. The van der Waals surface area contributed by atoms with Gasteiger partial charge in [0.2, 0.25) is 0 Å². The molecule has 0 radical (unpaired) electrons. The van der Waals surface area contributed by atoms with E-state index in [-0.39, 0.29) is 12.0 Å². The zero-order valence-electron chi connectivity index (χ0n) is 22.5. The van der Waals surface area contributed by atoms with Crippen LogP contribution in [0.25, 0.3) is 33.9 Å². The second-order valence-corrected chi connectivity index (χ2v) is 9.31. The number of aromatic nitrogens is 2. The van der Waals surface area contributed by atoms with Crippen molar-refractivity contribution in [1.29, 1.82) is 0 Å². The predicted octanol–water partition coefficient (Wildman–Crippen LogP) is 7.52. The highest BCUT2D eigenvalue weighted by molar-refractivity contribution is 5.99. The molecule has 0 spiro atoms. The quantitative estimate of drug-likeness (QED) is 0.181. The van der Waals surface area contributed by atoms with Crippen LogP contribution in [0.15, 0.2) is 118 Å². The molecule has 1 N–H and O–H groups in total. The van der Waals surface area contributed by atoms with Gasteiger partial charge in [-0.05, 0) is 85.3 Å². The van der Waals surface area contributed by atoms with E-state index < -0.39 is 18.0 Å². The molecule has 0 aliphatic carbocycles. The summed E-state index contributed by atoms with van der Waals surface area (Å²) in [5.74, 6) is 1.29. The van der Waals surface area contributed by atoms with E-state index in [2.05, 4.69) is 5.32 Å². The summed E-state index contributed by atoms with van der Waals surface area (Å²) in [5.41, 5.74) is 2.79. The molecule has 0 aliphatic heterocycles. The number of anilines is 1.